The van der Waals surface area contributed by atoms with Crippen LogP contribution in [0, 0.1) is 0 Å². The zero-order valence-electron chi connectivity index (χ0n) is 14.8. The lowest BCUT2D eigenvalue weighted by Crippen LogP contribution is -2.31. The number of pyridine rings is 1. The average Bonchev–Trinajstić information content (AvgIpc) is 3.10. The molecule has 1 aromatic carbocycles. The first-order valence-corrected chi connectivity index (χ1v) is 9.82. The normalized spacial score (nSPS) is 18.2. The number of ketones is 1. The van der Waals surface area contributed by atoms with Crippen LogP contribution in [0.1, 0.15) is 29.3 Å². The van der Waals surface area contributed by atoms with Gasteiger partial charge in [-0.2, -0.15) is 17.5 Å². The molecule has 0 aliphatic carbocycles. The van der Waals surface area contributed by atoms with Crippen LogP contribution in [-0.4, -0.2) is 42.7 Å². The van der Waals surface area contributed by atoms with E-state index in [1.807, 2.05) is 0 Å². The Morgan fingerprint density at radius 1 is 1.21 bits per heavy atom. The van der Waals surface area contributed by atoms with Crippen molar-refractivity contribution in [3.8, 4) is 5.88 Å². The van der Waals surface area contributed by atoms with Gasteiger partial charge in [-0.15, -0.1) is 0 Å². The molecule has 2 heterocycles. The third kappa shape index (κ3) is 4.33. The van der Waals surface area contributed by atoms with Gasteiger partial charge in [0.15, 0.2) is 5.78 Å². The summed E-state index contributed by atoms with van der Waals surface area (Å²) in [6.07, 6.45) is -3.80. The fraction of sp³-hybridized carbons (Fsp3) is 0.333. The van der Waals surface area contributed by atoms with Crippen LogP contribution in [0.4, 0.5) is 13.2 Å². The van der Waals surface area contributed by atoms with Crippen LogP contribution >= 0.6 is 0 Å². The highest BCUT2D eigenvalue weighted by atomic mass is 32.2. The van der Waals surface area contributed by atoms with Gasteiger partial charge in [-0.05, 0) is 31.5 Å². The molecule has 0 amide bonds. The number of benzene rings is 1. The quantitative estimate of drug-likeness (QED) is 0.703. The molecular weight excluding hydrogens is 397 g/mol. The number of hydrogen-bond acceptors (Lipinski definition) is 5. The molecule has 1 aliphatic rings. The SMILES string of the molecule is CC(=O)c1ccc(S(=O)(=O)N2CCC(Oc3cc(C(F)(F)F)ccn3)C2)cc1. The van der Waals surface area contributed by atoms with Gasteiger partial charge in [-0.3, -0.25) is 4.79 Å². The number of carbonyl (C=O) groups is 1. The maximum Gasteiger partial charge on any atom is 0.416 e. The number of halogens is 3. The van der Waals surface area contributed by atoms with Gasteiger partial charge in [0.25, 0.3) is 0 Å². The summed E-state index contributed by atoms with van der Waals surface area (Å²) < 4.78 is 70.4. The van der Waals surface area contributed by atoms with Gasteiger partial charge >= 0.3 is 6.18 Å². The van der Waals surface area contributed by atoms with Crippen LogP contribution in [0.25, 0.3) is 0 Å². The Labute approximate surface area is 160 Å². The molecule has 1 aliphatic heterocycles. The Hall–Kier alpha value is -2.46. The van der Waals surface area contributed by atoms with E-state index in [1.54, 1.807) is 0 Å². The van der Waals surface area contributed by atoms with Gasteiger partial charge in [-0.25, -0.2) is 13.4 Å². The lowest BCUT2D eigenvalue weighted by Gasteiger charge is -2.17. The summed E-state index contributed by atoms with van der Waals surface area (Å²) in [4.78, 5) is 15.1. The van der Waals surface area contributed by atoms with Crippen molar-refractivity contribution in [1.29, 1.82) is 0 Å². The molecule has 1 aromatic heterocycles. The number of ether oxygens (including phenoxy) is 1. The highest BCUT2D eigenvalue weighted by Gasteiger charge is 2.35. The first kappa shape index (κ1) is 20.3. The van der Waals surface area contributed by atoms with Crippen LogP contribution in [0.15, 0.2) is 47.5 Å². The Bertz CT molecular complexity index is 975. The molecule has 2 aromatic rings. The number of sulfonamides is 1. The zero-order valence-corrected chi connectivity index (χ0v) is 15.6. The van der Waals surface area contributed by atoms with E-state index in [0.717, 1.165) is 18.3 Å². The second-order valence-electron chi connectivity index (χ2n) is 6.35. The van der Waals surface area contributed by atoms with Gasteiger partial charge in [-0.1, -0.05) is 12.1 Å². The summed E-state index contributed by atoms with van der Waals surface area (Å²) in [5.74, 6) is -0.378. The van der Waals surface area contributed by atoms with E-state index in [-0.39, 0.29) is 29.6 Å². The molecular formula is C18H17F3N2O4S. The van der Waals surface area contributed by atoms with Gasteiger partial charge < -0.3 is 4.74 Å². The molecule has 0 spiro atoms. The maximum absolute atomic E-state index is 12.8. The summed E-state index contributed by atoms with van der Waals surface area (Å²) in [5, 5.41) is 0. The Kier molecular flexibility index (Phi) is 5.44. The highest BCUT2D eigenvalue weighted by molar-refractivity contribution is 7.89. The van der Waals surface area contributed by atoms with E-state index < -0.39 is 27.9 Å². The van der Waals surface area contributed by atoms with Gasteiger partial charge in [0.05, 0.1) is 17.0 Å². The largest absolute Gasteiger partial charge is 0.473 e. The number of carbonyl (C=O) groups excluding carboxylic acids is 1. The number of Topliss-reactive ketones (excluding diaryl/α,β-unsaturated/α-hetero) is 1. The van der Waals surface area contributed by atoms with Crippen molar-refractivity contribution in [1.82, 2.24) is 9.29 Å². The number of alkyl halides is 3. The van der Waals surface area contributed by atoms with Gasteiger partial charge in [0.2, 0.25) is 15.9 Å². The second kappa shape index (κ2) is 7.51. The van der Waals surface area contributed by atoms with Crippen LogP contribution in [0.5, 0.6) is 5.88 Å². The summed E-state index contributed by atoms with van der Waals surface area (Å²) in [6, 6.07) is 7.21. The fourth-order valence-electron chi connectivity index (χ4n) is 2.84. The van der Waals surface area contributed by atoms with Crippen LogP contribution < -0.4 is 4.74 Å². The van der Waals surface area contributed by atoms with Crippen molar-refractivity contribution in [2.75, 3.05) is 13.1 Å². The number of nitrogens with zero attached hydrogens (tertiary/aromatic N) is 2. The summed E-state index contributed by atoms with van der Waals surface area (Å²) in [7, 11) is -3.80. The second-order valence-corrected chi connectivity index (χ2v) is 8.29. The molecule has 6 nitrogen and oxygen atoms in total. The zero-order chi connectivity index (χ0) is 20.5. The van der Waals surface area contributed by atoms with E-state index in [9.17, 15) is 26.4 Å². The van der Waals surface area contributed by atoms with Crippen LogP contribution in [0.2, 0.25) is 0 Å². The van der Waals surface area contributed by atoms with Crippen molar-refractivity contribution in [2.45, 2.75) is 30.5 Å². The summed E-state index contributed by atoms with van der Waals surface area (Å²) in [6.45, 7) is 1.54. The molecule has 0 saturated carbocycles. The van der Waals surface area contributed by atoms with Gasteiger partial charge in [0.1, 0.15) is 6.10 Å². The lowest BCUT2D eigenvalue weighted by molar-refractivity contribution is -0.137. The molecule has 10 heteroatoms. The molecule has 0 bridgehead atoms. The van der Waals surface area contributed by atoms with E-state index in [2.05, 4.69) is 4.98 Å². The predicted molar refractivity (Wildman–Crippen MR) is 93.5 cm³/mol. The minimum absolute atomic E-state index is 0.00524. The Morgan fingerprint density at radius 2 is 1.89 bits per heavy atom. The first-order valence-electron chi connectivity index (χ1n) is 8.38. The molecule has 3 rings (SSSR count). The maximum atomic E-state index is 12.8. The molecule has 150 valence electrons. The van der Waals surface area contributed by atoms with Crippen molar-refractivity contribution >= 4 is 15.8 Å². The van der Waals surface area contributed by atoms with Crippen molar-refractivity contribution in [3.63, 3.8) is 0 Å². The van der Waals surface area contributed by atoms with Gasteiger partial charge in [0, 0.05) is 24.4 Å². The minimum Gasteiger partial charge on any atom is -0.473 e. The van der Waals surface area contributed by atoms with Crippen molar-refractivity contribution in [3.05, 3.63) is 53.7 Å². The third-order valence-electron chi connectivity index (χ3n) is 4.36. The minimum atomic E-state index is -4.52. The monoisotopic (exact) mass is 414 g/mol. The lowest BCUT2D eigenvalue weighted by atomic mass is 10.2. The van der Waals surface area contributed by atoms with Crippen LogP contribution in [-0.2, 0) is 16.2 Å². The standard InChI is InChI=1S/C18H17F3N2O4S/c1-12(24)13-2-4-16(5-3-13)28(25,26)23-9-7-15(11-23)27-17-10-14(6-8-22-17)18(19,20)21/h2-6,8,10,15H,7,9,11H2,1H3. The first-order chi connectivity index (χ1) is 13.1. The van der Waals surface area contributed by atoms with E-state index in [1.165, 1.54) is 35.5 Å². The fourth-order valence-corrected chi connectivity index (χ4v) is 4.33. The molecule has 1 fully saturated rings. The summed E-state index contributed by atoms with van der Waals surface area (Å²) >= 11 is 0. The number of hydrogen-bond donors (Lipinski definition) is 0. The Morgan fingerprint density at radius 3 is 2.50 bits per heavy atom. The van der Waals surface area contributed by atoms with Crippen molar-refractivity contribution in [2.24, 2.45) is 0 Å². The van der Waals surface area contributed by atoms with E-state index >= 15 is 0 Å². The smallest absolute Gasteiger partial charge is 0.416 e. The van der Waals surface area contributed by atoms with E-state index in [0.29, 0.717) is 12.0 Å². The third-order valence-corrected chi connectivity index (χ3v) is 6.24. The number of rotatable bonds is 5. The van der Waals surface area contributed by atoms with Crippen molar-refractivity contribution < 1.29 is 31.1 Å². The van der Waals surface area contributed by atoms with E-state index in [4.69, 9.17) is 4.74 Å². The highest BCUT2D eigenvalue weighted by Crippen LogP contribution is 2.31. The molecule has 0 radical (unpaired) electrons. The summed E-state index contributed by atoms with van der Waals surface area (Å²) in [5.41, 5.74) is -0.484. The average molecular weight is 414 g/mol. The molecule has 28 heavy (non-hydrogen) atoms. The molecule has 0 N–H and O–H groups in total. The van der Waals surface area contributed by atoms with Crippen LogP contribution in [0.3, 0.4) is 0 Å². The molecule has 1 saturated heterocycles. The Balaban J connectivity index is 1.70. The number of aromatic nitrogens is 1. The molecule has 1 atom stereocenters. The topological polar surface area (TPSA) is 76.6 Å². The predicted octanol–water partition coefficient (Wildman–Crippen LogP) is 3.15. The molecule has 1 unspecified atom stereocenters.